The molecule has 4 nitrogen and oxygen atoms in total. The lowest BCUT2D eigenvalue weighted by Gasteiger charge is -1.98. The lowest BCUT2D eigenvalue weighted by Crippen LogP contribution is -1.99. The Morgan fingerprint density at radius 2 is 1.86 bits per heavy atom. The minimum absolute atomic E-state index is 0.0623. The summed E-state index contributed by atoms with van der Waals surface area (Å²) in [6.45, 7) is 0. The molecule has 1 aliphatic rings. The van der Waals surface area contributed by atoms with Gasteiger partial charge in [0.15, 0.2) is 0 Å². The first kappa shape index (κ1) is 9.76. The molecule has 0 aromatic heterocycles. The van der Waals surface area contributed by atoms with Crippen LogP contribution in [0.15, 0.2) is 17.0 Å². The van der Waals surface area contributed by atoms with Crippen molar-refractivity contribution in [2.75, 3.05) is 0 Å². The molecule has 14 heavy (non-hydrogen) atoms. The number of hydrogen-bond acceptors (Lipinski definition) is 4. The third kappa shape index (κ3) is 1.20. The molecule has 0 amide bonds. The zero-order valence-corrected chi connectivity index (χ0v) is 8.78. The highest BCUT2D eigenvalue weighted by Crippen LogP contribution is 2.37. The number of halogens is 2. The van der Waals surface area contributed by atoms with Crippen LogP contribution < -0.4 is 0 Å². The van der Waals surface area contributed by atoms with E-state index in [-0.39, 0.29) is 20.5 Å². The van der Waals surface area contributed by atoms with Crippen LogP contribution in [0.25, 0.3) is 0 Å². The molecule has 0 spiro atoms. The highest BCUT2D eigenvalue weighted by Gasteiger charge is 2.38. The van der Waals surface area contributed by atoms with Crippen molar-refractivity contribution in [3.05, 3.63) is 27.7 Å². The molecule has 0 saturated carbocycles. The van der Waals surface area contributed by atoms with Crippen LogP contribution in [-0.4, -0.2) is 14.4 Å². The van der Waals surface area contributed by atoms with Gasteiger partial charge in [0.05, 0.1) is 15.6 Å². The number of benzene rings is 1. The Labute approximate surface area is 89.5 Å². The molecule has 0 saturated heterocycles. The van der Waals surface area contributed by atoms with Crippen LogP contribution in [0.5, 0.6) is 0 Å². The van der Waals surface area contributed by atoms with Gasteiger partial charge >= 0.3 is 16.1 Å². The average molecular weight is 253 g/mol. The van der Waals surface area contributed by atoms with Crippen LogP contribution >= 0.6 is 23.2 Å². The Bertz CT molecular complexity index is 535. The van der Waals surface area contributed by atoms with E-state index in [1.807, 2.05) is 0 Å². The predicted molar refractivity (Wildman–Crippen MR) is 49.1 cm³/mol. The first-order chi connectivity index (χ1) is 6.43. The van der Waals surface area contributed by atoms with Gasteiger partial charge in [-0.25, -0.2) is 4.79 Å². The van der Waals surface area contributed by atoms with Gasteiger partial charge in [0.25, 0.3) is 0 Å². The van der Waals surface area contributed by atoms with Gasteiger partial charge in [0.2, 0.25) is 0 Å². The van der Waals surface area contributed by atoms with Crippen LogP contribution in [-0.2, 0) is 14.3 Å². The second-order valence-corrected chi connectivity index (χ2v) is 4.83. The molecule has 0 aliphatic carbocycles. The Morgan fingerprint density at radius 1 is 1.21 bits per heavy atom. The Kier molecular flexibility index (Phi) is 1.99. The molecule has 0 bridgehead atoms. The summed E-state index contributed by atoms with van der Waals surface area (Å²) in [5.41, 5.74) is -0.0839. The lowest BCUT2D eigenvalue weighted by molar-refractivity contribution is 0.0762. The van der Waals surface area contributed by atoms with E-state index in [9.17, 15) is 13.2 Å². The number of hydrogen-bond donors (Lipinski definition) is 0. The average Bonchev–Trinajstić information content (AvgIpc) is 2.29. The largest absolute Gasteiger partial charge is 0.355 e. The van der Waals surface area contributed by atoms with E-state index in [4.69, 9.17) is 23.2 Å². The van der Waals surface area contributed by atoms with Gasteiger partial charge in [-0.3, -0.25) is 0 Å². The van der Waals surface area contributed by atoms with E-state index in [2.05, 4.69) is 4.18 Å². The third-order valence-corrected chi connectivity index (χ3v) is 3.92. The van der Waals surface area contributed by atoms with Crippen LogP contribution in [0.1, 0.15) is 10.4 Å². The van der Waals surface area contributed by atoms with Crippen LogP contribution in [0.2, 0.25) is 10.0 Å². The zero-order valence-electron chi connectivity index (χ0n) is 6.45. The third-order valence-electron chi connectivity index (χ3n) is 1.71. The first-order valence-corrected chi connectivity index (χ1v) is 5.57. The molecule has 1 aromatic carbocycles. The van der Waals surface area contributed by atoms with Crippen LogP contribution in [0.4, 0.5) is 0 Å². The summed E-state index contributed by atoms with van der Waals surface area (Å²) in [6, 6.07) is 2.60. The van der Waals surface area contributed by atoms with Gasteiger partial charge in [-0.1, -0.05) is 23.2 Å². The molecule has 0 unspecified atom stereocenters. The van der Waals surface area contributed by atoms with Crippen molar-refractivity contribution in [2.24, 2.45) is 0 Å². The summed E-state index contributed by atoms with van der Waals surface area (Å²) >= 11 is 11.2. The SMILES string of the molecule is O=C1OS(=O)(=O)c2c1ccc(Cl)c2Cl. The van der Waals surface area contributed by atoms with Gasteiger partial charge in [0.1, 0.15) is 4.90 Å². The Morgan fingerprint density at radius 3 is 2.50 bits per heavy atom. The molecule has 1 aromatic rings. The molecular formula is C7H2Cl2O4S. The van der Waals surface area contributed by atoms with E-state index in [1.165, 1.54) is 12.1 Å². The van der Waals surface area contributed by atoms with Crippen molar-refractivity contribution in [1.82, 2.24) is 0 Å². The maximum atomic E-state index is 11.3. The minimum Gasteiger partial charge on any atom is -0.338 e. The summed E-state index contributed by atoms with van der Waals surface area (Å²) in [6.07, 6.45) is 0. The van der Waals surface area contributed by atoms with Crippen molar-refractivity contribution in [3.63, 3.8) is 0 Å². The van der Waals surface area contributed by atoms with Gasteiger partial charge in [-0.15, -0.1) is 0 Å². The maximum absolute atomic E-state index is 11.3. The Hall–Kier alpha value is -0.780. The lowest BCUT2D eigenvalue weighted by atomic mass is 10.2. The fraction of sp³-hybridized carbons (Fsp3) is 0. The van der Waals surface area contributed by atoms with Gasteiger partial charge in [0, 0.05) is 0 Å². The predicted octanol–water partition coefficient (Wildman–Crippen LogP) is 1.85. The highest BCUT2D eigenvalue weighted by atomic mass is 35.5. The normalized spacial score (nSPS) is 17.7. The van der Waals surface area contributed by atoms with E-state index in [0.29, 0.717) is 0 Å². The van der Waals surface area contributed by atoms with E-state index < -0.39 is 16.1 Å². The van der Waals surface area contributed by atoms with Crippen molar-refractivity contribution in [2.45, 2.75) is 4.90 Å². The molecule has 0 N–H and O–H groups in total. The maximum Gasteiger partial charge on any atom is 0.355 e. The molecular weight excluding hydrogens is 251 g/mol. The number of fused-ring (bicyclic) bond motifs is 1. The second-order valence-electron chi connectivity index (χ2n) is 2.56. The fourth-order valence-electron chi connectivity index (χ4n) is 1.12. The first-order valence-electron chi connectivity index (χ1n) is 3.40. The van der Waals surface area contributed by atoms with E-state index in [0.717, 1.165) is 0 Å². The standard InChI is InChI=1S/C7H2Cl2O4S/c8-4-2-1-3-6(5(4)9)14(11,12)13-7(3)10/h1-2H. The van der Waals surface area contributed by atoms with Crippen LogP contribution in [0.3, 0.4) is 0 Å². The minimum atomic E-state index is -4.07. The quantitative estimate of drug-likeness (QED) is 0.662. The summed E-state index contributed by atoms with van der Waals surface area (Å²) in [5, 5.41) is -0.123. The molecule has 2 rings (SSSR count). The summed E-state index contributed by atoms with van der Waals surface area (Å²) in [7, 11) is -4.07. The summed E-state index contributed by atoms with van der Waals surface area (Å²) in [4.78, 5) is 10.7. The van der Waals surface area contributed by atoms with E-state index >= 15 is 0 Å². The molecule has 0 fully saturated rings. The Balaban J connectivity index is 2.91. The van der Waals surface area contributed by atoms with Crippen molar-refractivity contribution in [1.29, 1.82) is 0 Å². The molecule has 0 radical (unpaired) electrons. The summed E-state index contributed by atoms with van der Waals surface area (Å²) < 4.78 is 26.6. The van der Waals surface area contributed by atoms with Crippen LogP contribution in [0, 0.1) is 0 Å². The smallest absolute Gasteiger partial charge is 0.338 e. The zero-order chi connectivity index (χ0) is 10.5. The molecule has 1 aliphatic heterocycles. The second kappa shape index (κ2) is 2.85. The van der Waals surface area contributed by atoms with Gasteiger partial charge in [-0.05, 0) is 12.1 Å². The molecule has 7 heteroatoms. The van der Waals surface area contributed by atoms with Crippen molar-refractivity contribution < 1.29 is 17.4 Å². The molecule has 0 atom stereocenters. The summed E-state index contributed by atoms with van der Waals surface area (Å²) in [5.74, 6) is -0.932. The monoisotopic (exact) mass is 252 g/mol. The van der Waals surface area contributed by atoms with E-state index in [1.54, 1.807) is 0 Å². The molecule has 1 heterocycles. The van der Waals surface area contributed by atoms with Crippen molar-refractivity contribution >= 4 is 39.3 Å². The number of rotatable bonds is 0. The fourth-order valence-corrected chi connectivity index (χ4v) is 2.91. The topological polar surface area (TPSA) is 60.4 Å². The molecule has 74 valence electrons. The van der Waals surface area contributed by atoms with Gasteiger partial charge < -0.3 is 4.18 Å². The number of carbonyl (C=O) groups is 1. The van der Waals surface area contributed by atoms with Crippen molar-refractivity contribution in [3.8, 4) is 0 Å². The number of carbonyl (C=O) groups excluding carboxylic acids is 1. The highest BCUT2D eigenvalue weighted by molar-refractivity contribution is 7.87. The van der Waals surface area contributed by atoms with Gasteiger partial charge in [-0.2, -0.15) is 8.42 Å².